The molecule has 170 valence electrons. The molecule has 1 saturated heterocycles. The fourth-order valence-corrected chi connectivity index (χ4v) is 3.85. The van der Waals surface area contributed by atoms with Crippen LogP contribution in [-0.4, -0.2) is 65.7 Å². The first-order valence-electron chi connectivity index (χ1n) is 9.38. The lowest BCUT2D eigenvalue weighted by atomic mass is 9.87. The average molecular weight is 461 g/mol. The second kappa shape index (κ2) is 9.33. The van der Waals surface area contributed by atoms with Crippen molar-refractivity contribution in [1.29, 1.82) is 0 Å². The summed E-state index contributed by atoms with van der Waals surface area (Å²) in [6.07, 6.45) is -6.31. The number of ether oxygens (including phenoxy) is 3. The molecule has 0 spiro atoms. The lowest BCUT2D eigenvalue weighted by Crippen LogP contribution is -2.64. The van der Waals surface area contributed by atoms with Crippen LogP contribution in [0.25, 0.3) is 0 Å². The Morgan fingerprint density at radius 1 is 1.03 bits per heavy atom. The molecule has 2 aromatic rings. The van der Waals surface area contributed by atoms with Crippen molar-refractivity contribution in [3.8, 4) is 5.75 Å². The molecule has 3 rings (SSSR count). The van der Waals surface area contributed by atoms with Gasteiger partial charge in [-0.15, -0.1) is 0 Å². The first kappa shape index (κ1) is 23.8. The number of aliphatic hydroxyl groups is 4. The van der Waals surface area contributed by atoms with Crippen LogP contribution < -0.4 is 4.74 Å². The van der Waals surface area contributed by atoms with Crippen LogP contribution in [-0.2, 0) is 21.7 Å². The normalized spacial score (nSPS) is 28.5. The Morgan fingerprint density at radius 3 is 2.35 bits per heavy atom. The van der Waals surface area contributed by atoms with Gasteiger partial charge in [0.1, 0.15) is 24.4 Å². The number of hydrogen-bond donors (Lipinski definition) is 4. The highest BCUT2D eigenvalue weighted by Gasteiger charge is 2.55. The number of hydrogen-bond acceptors (Lipinski definition) is 7. The van der Waals surface area contributed by atoms with Crippen LogP contribution in [0.4, 0.5) is 8.78 Å². The monoisotopic (exact) mass is 460 g/mol. The van der Waals surface area contributed by atoms with Crippen molar-refractivity contribution in [2.24, 2.45) is 0 Å². The lowest BCUT2D eigenvalue weighted by molar-refractivity contribution is -0.366. The van der Waals surface area contributed by atoms with Crippen LogP contribution in [0, 0.1) is 11.6 Å². The first-order valence-corrected chi connectivity index (χ1v) is 9.75. The van der Waals surface area contributed by atoms with Crippen molar-refractivity contribution >= 4 is 11.6 Å². The Bertz CT molecular complexity index is 942. The van der Waals surface area contributed by atoms with Gasteiger partial charge in [0.2, 0.25) is 11.6 Å². The van der Waals surface area contributed by atoms with Crippen LogP contribution in [0.15, 0.2) is 30.3 Å². The molecule has 4 N–H and O–H groups in total. The minimum Gasteiger partial charge on any atom is -0.494 e. The maximum absolute atomic E-state index is 14.4. The van der Waals surface area contributed by atoms with Gasteiger partial charge in [0, 0.05) is 24.1 Å². The van der Waals surface area contributed by atoms with E-state index in [-0.39, 0.29) is 28.3 Å². The molecule has 0 saturated carbocycles. The number of halogens is 3. The molecule has 7 nitrogen and oxygen atoms in total. The van der Waals surface area contributed by atoms with Crippen LogP contribution >= 0.6 is 11.6 Å². The van der Waals surface area contributed by atoms with Gasteiger partial charge in [0.15, 0.2) is 11.6 Å². The number of rotatable bonds is 6. The van der Waals surface area contributed by atoms with Crippen LogP contribution in [0.1, 0.15) is 16.7 Å². The largest absolute Gasteiger partial charge is 0.494 e. The van der Waals surface area contributed by atoms with E-state index in [1.807, 2.05) is 0 Å². The highest BCUT2D eigenvalue weighted by molar-refractivity contribution is 6.31. The summed E-state index contributed by atoms with van der Waals surface area (Å²) in [6, 6.07) is 7.02. The summed E-state index contributed by atoms with van der Waals surface area (Å²) >= 11 is 6.25. The van der Waals surface area contributed by atoms with E-state index in [2.05, 4.69) is 0 Å². The van der Waals surface area contributed by atoms with Gasteiger partial charge in [-0.1, -0.05) is 23.7 Å². The lowest BCUT2D eigenvalue weighted by Gasteiger charge is -2.47. The zero-order chi connectivity index (χ0) is 22.9. The molecule has 1 fully saturated rings. The summed E-state index contributed by atoms with van der Waals surface area (Å²) in [5.41, 5.74) is 0.564. The fourth-order valence-electron chi connectivity index (χ4n) is 3.66. The molecule has 1 aliphatic heterocycles. The molecule has 2 aromatic carbocycles. The van der Waals surface area contributed by atoms with Crippen LogP contribution in [0.2, 0.25) is 5.02 Å². The minimum atomic E-state index is -1.95. The molecule has 5 atom stereocenters. The van der Waals surface area contributed by atoms with Gasteiger partial charge in [0.05, 0.1) is 13.7 Å². The van der Waals surface area contributed by atoms with Crippen molar-refractivity contribution in [3.05, 3.63) is 63.7 Å². The average Bonchev–Trinajstić information content (AvgIpc) is 2.77. The summed E-state index contributed by atoms with van der Waals surface area (Å²) in [4.78, 5) is 0. The second-order valence-electron chi connectivity index (χ2n) is 7.17. The van der Waals surface area contributed by atoms with Gasteiger partial charge in [-0.05, 0) is 29.3 Å². The molecule has 0 radical (unpaired) electrons. The number of methoxy groups -OCH3 is 2. The van der Waals surface area contributed by atoms with E-state index in [1.54, 1.807) is 0 Å². The van der Waals surface area contributed by atoms with Crippen LogP contribution in [0.5, 0.6) is 5.75 Å². The quantitative estimate of drug-likeness (QED) is 0.517. The number of aliphatic hydroxyl groups excluding tert-OH is 4. The van der Waals surface area contributed by atoms with E-state index in [1.165, 1.54) is 44.6 Å². The molecule has 31 heavy (non-hydrogen) atoms. The zero-order valence-corrected chi connectivity index (χ0v) is 17.5. The third-order valence-electron chi connectivity index (χ3n) is 5.43. The van der Waals surface area contributed by atoms with E-state index >= 15 is 0 Å². The molecular weight excluding hydrogens is 438 g/mol. The Kier molecular flexibility index (Phi) is 7.17. The first-order chi connectivity index (χ1) is 14.7. The topological polar surface area (TPSA) is 109 Å². The third-order valence-corrected chi connectivity index (χ3v) is 5.80. The Morgan fingerprint density at radius 2 is 1.74 bits per heavy atom. The van der Waals surface area contributed by atoms with Gasteiger partial charge in [-0.25, -0.2) is 4.39 Å². The summed E-state index contributed by atoms with van der Waals surface area (Å²) in [5, 5.41) is 40.6. The van der Waals surface area contributed by atoms with Gasteiger partial charge >= 0.3 is 0 Å². The van der Waals surface area contributed by atoms with Gasteiger partial charge in [-0.3, -0.25) is 0 Å². The van der Waals surface area contributed by atoms with Crippen molar-refractivity contribution in [2.75, 3.05) is 20.8 Å². The smallest absolute Gasteiger partial charge is 0.224 e. The molecule has 0 bridgehead atoms. The van der Waals surface area contributed by atoms with E-state index in [9.17, 15) is 29.2 Å². The number of benzene rings is 2. The molecule has 0 aliphatic carbocycles. The predicted molar refractivity (Wildman–Crippen MR) is 106 cm³/mol. The maximum atomic E-state index is 14.4. The SMILES string of the molecule is COc1ccc(Cc2cc([C@]3(OC)O[C@H](CO)[C@@H](O)[C@H](O)[C@H]3O)ccc2Cl)c(F)c1F. The van der Waals surface area contributed by atoms with Crippen molar-refractivity contribution in [3.63, 3.8) is 0 Å². The standard InChI is InChI=1S/C21H23ClF2O7/c1-29-14-6-3-10(16(23)17(14)24)7-11-8-12(4-5-13(11)22)21(30-2)20(28)19(27)18(26)15(9-25)31-21/h3-6,8,15,18-20,25-28H,7,9H2,1-2H3/t15-,18-,19+,20-,21+/m1/s1. The van der Waals surface area contributed by atoms with E-state index in [0.717, 1.165) is 0 Å². The van der Waals surface area contributed by atoms with E-state index in [0.29, 0.717) is 5.56 Å². The Labute approximate surface area is 182 Å². The molecule has 0 aromatic heterocycles. The molecule has 1 heterocycles. The zero-order valence-electron chi connectivity index (χ0n) is 16.8. The van der Waals surface area contributed by atoms with Crippen molar-refractivity contribution in [2.45, 2.75) is 36.6 Å². The van der Waals surface area contributed by atoms with Crippen molar-refractivity contribution < 1.29 is 43.4 Å². The molecule has 1 aliphatic rings. The highest BCUT2D eigenvalue weighted by atomic mass is 35.5. The molecule has 0 unspecified atom stereocenters. The van der Waals surface area contributed by atoms with Crippen LogP contribution in [0.3, 0.4) is 0 Å². The van der Waals surface area contributed by atoms with E-state index < -0.39 is 48.4 Å². The highest BCUT2D eigenvalue weighted by Crippen LogP contribution is 2.40. The summed E-state index contributed by atoms with van der Waals surface area (Å²) < 4.78 is 44.3. The molecule has 0 amide bonds. The van der Waals surface area contributed by atoms with E-state index in [4.69, 9.17) is 25.8 Å². The minimum absolute atomic E-state index is 0.0117. The second-order valence-corrected chi connectivity index (χ2v) is 7.58. The van der Waals surface area contributed by atoms with Gasteiger partial charge < -0.3 is 34.6 Å². The Balaban J connectivity index is 2.03. The third kappa shape index (κ3) is 4.14. The molecular formula is C21H23ClF2O7. The maximum Gasteiger partial charge on any atom is 0.224 e. The molecule has 10 heteroatoms. The Hall–Kier alpha value is -1.85. The van der Waals surface area contributed by atoms with Gasteiger partial charge in [-0.2, -0.15) is 4.39 Å². The van der Waals surface area contributed by atoms with Crippen molar-refractivity contribution in [1.82, 2.24) is 0 Å². The summed E-state index contributed by atoms with van der Waals surface area (Å²) in [7, 11) is 2.44. The predicted octanol–water partition coefficient (Wildman–Crippen LogP) is 1.49. The van der Waals surface area contributed by atoms with Gasteiger partial charge in [0.25, 0.3) is 0 Å². The summed E-state index contributed by atoms with van der Waals surface area (Å²) in [6.45, 7) is -0.646. The fraction of sp³-hybridized carbons (Fsp3) is 0.429. The summed E-state index contributed by atoms with van der Waals surface area (Å²) in [5.74, 6) is -4.40.